The Bertz CT molecular complexity index is 518. The lowest BCUT2D eigenvalue weighted by molar-refractivity contribution is 1.12. The van der Waals surface area contributed by atoms with E-state index in [0.29, 0.717) is 0 Å². The molecule has 1 aromatic heterocycles. The summed E-state index contributed by atoms with van der Waals surface area (Å²) in [6.07, 6.45) is 1.81. The van der Waals surface area contributed by atoms with Gasteiger partial charge in [-0.1, -0.05) is 23.7 Å². The Morgan fingerprint density at radius 3 is 2.67 bits per heavy atom. The van der Waals surface area contributed by atoms with Gasteiger partial charge in [-0.25, -0.2) is 4.98 Å². The fourth-order valence-corrected chi connectivity index (χ4v) is 2.03. The lowest BCUT2D eigenvalue weighted by Crippen LogP contribution is -2.00. The maximum Gasteiger partial charge on any atom is 0.109 e. The van der Waals surface area contributed by atoms with Gasteiger partial charge >= 0.3 is 0 Å². The van der Waals surface area contributed by atoms with E-state index < -0.39 is 0 Å². The fourth-order valence-electron chi connectivity index (χ4n) is 1.61. The number of pyridine rings is 1. The molecule has 2 nitrogen and oxygen atoms in total. The van der Waals surface area contributed by atoms with Crippen LogP contribution in [-0.2, 0) is 6.54 Å². The first-order valence-corrected chi connectivity index (χ1v) is 6.84. The number of aryl methyl sites for hydroxylation is 2. The van der Waals surface area contributed by atoms with Gasteiger partial charge in [0.2, 0.25) is 0 Å². The highest BCUT2D eigenvalue weighted by molar-refractivity contribution is 9.10. The SMILES string of the molecule is Cc1ccc(CNc2cnc(Br)c(C)c2)cc1Cl. The van der Waals surface area contributed by atoms with Crippen LogP contribution in [0, 0.1) is 13.8 Å². The average molecular weight is 326 g/mol. The molecule has 0 saturated carbocycles. The highest BCUT2D eigenvalue weighted by Gasteiger charge is 2.00. The Morgan fingerprint density at radius 1 is 1.22 bits per heavy atom. The number of aromatic nitrogens is 1. The molecule has 0 bridgehead atoms. The minimum Gasteiger partial charge on any atom is -0.380 e. The van der Waals surface area contributed by atoms with Crippen LogP contribution in [0.4, 0.5) is 5.69 Å². The van der Waals surface area contributed by atoms with Crippen LogP contribution >= 0.6 is 27.5 Å². The number of nitrogens with one attached hydrogen (secondary N) is 1. The molecule has 1 aromatic carbocycles. The van der Waals surface area contributed by atoms with Gasteiger partial charge in [-0.05, 0) is 58.6 Å². The van der Waals surface area contributed by atoms with Crippen molar-refractivity contribution in [3.05, 3.63) is 56.8 Å². The van der Waals surface area contributed by atoms with Gasteiger partial charge in [0.05, 0.1) is 11.9 Å². The van der Waals surface area contributed by atoms with Gasteiger partial charge in [0.15, 0.2) is 0 Å². The Labute approximate surface area is 121 Å². The molecule has 4 heteroatoms. The summed E-state index contributed by atoms with van der Waals surface area (Å²) in [6.45, 7) is 4.76. The molecule has 0 aliphatic rings. The first-order valence-electron chi connectivity index (χ1n) is 5.67. The average Bonchev–Trinajstić information content (AvgIpc) is 2.35. The van der Waals surface area contributed by atoms with Gasteiger partial charge in [0, 0.05) is 11.6 Å². The van der Waals surface area contributed by atoms with E-state index in [1.54, 1.807) is 0 Å². The van der Waals surface area contributed by atoms with Crippen molar-refractivity contribution in [3.63, 3.8) is 0 Å². The molecule has 0 saturated heterocycles. The van der Waals surface area contributed by atoms with Gasteiger partial charge in [0.1, 0.15) is 4.60 Å². The van der Waals surface area contributed by atoms with Crippen molar-refractivity contribution in [1.29, 1.82) is 0 Å². The van der Waals surface area contributed by atoms with E-state index in [-0.39, 0.29) is 0 Å². The zero-order chi connectivity index (χ0) is 13.1. The van der Waals surface area contributed by atoms with Gasteiger partial charge in [-0.3, -0.25) is 0 Å². The van der Waals surface area contributed by atoms with Crippen LogP contribution in [0.15, 0.2) is 35.1 Å². The van der Waals surface area contributed by atoms with Crippen molar-refractivity contribution >= 4 is 33.2 Å². The lowest BCUT2D eigenvalue weighted by Gasteiger charge is -2.08. The number of benzene rings is 1. The zero-order valence-electron chi connectivity index (χ0n) is 10.3. The topological polar surface area (TPSA) is 24.9 Å². The van der Waals surface area contributed by atoms with E-state index in [4.69, 9.17) is 11.6 Å². The molecule has 2 rings (SSSR count). The smallest absolute Gasteiger partial charge is 0.109 e. The number of nitrogens with zero attached hydrogens (tertiary/aromatic N) is 1. The first kappa shape index (κ1) is 13.4. The van der Waals surface area contributed by atoms with Crippen LogP contribution in [0.25, 0.3) is 0 Å². The lowest BCUT2D eigenvalue weighted by atomic mass is 10.1. The summed E-state index contributed by atoms with van der Waals surface area (Å²) in [6, 6.07) is 8.16. The summed E-state index contributed by atoms with van der Waals surface area (Å²) in [5.41, 5.74) is 4.38. The summed E-state index contributed by atoms with van der Waals surface area (Å²) in [5, 5.41) is 4.14. The van der Waals surface area contributed by atoms with E-state index in [1.807, 2.05) is 32.2 Å². The third-order valence-electron chi connectivity index (χ3n) is 2.75. The van der Waals surface area contributed by atoms with E-state index in [9.17, 15) is 0 Å². The first-order chi connectivity index (χ1) is 8.56. The van der Waals surface area contributed by atoms with E-state index in [0.717, 1.165) is 38.5 Å². The molecule has 1 N–H and O–H groups in total. The molecule has 0 aliphatic carbocycles. The molecule has 0 fully saturated rings. The van der Waals surface area contributed by atoms with Crippen molar-refractivity contribution in [1.82, 2.24) is 4.98 Å². The second kappa shape index (κ2) is 5.72. The Balaban J connectivity index is 2.06. The Morgan fingerprint density at radius 2 is 2.00 bits per heavy atom. The largest absolute Gasteiger partial charge is 0.380 e. The number of hydrogen-bond donors (Lipinski definition) is 1. The number of anilines is 1. The van der Waals surface area contributed by atoms with E-state index in [2.05, 4.69) is 38.4 Å². The minimum absolute atomic E-state index is 0.739. The number of rotatable bonds is 3. The third-order valence-corrected chi connectivity index (χ3v) is 3.98. The van der Waals surface area contributed by atoms with Gasteiger partial charge in [0.25, 0.3) is 0 Å². The van der Waals surface area contributed by atoms with Crippen LogP contribution in [0.5, 0.6) is 0 Å². The summed E-state index contributed by atoms with van der Waals surface area (Å²) >= 11 is 9.48. The molecule has 0 spiro atoms. The molecule has 0 amide bonds. The van der Waals surface area contributed by atoms with Crippen LogP contribution in [0.1, 0.15) is 16.7 Å². The molecule has 1 heterocycles. The maximum absolute atomic E-state index is 6.10. The van der Waals surface area contributed by atoms with Crippen LogP contribution in [-0.4, -0.2) is 4.98 Å². The molecule has 0 aliphatic heterocycles. The van der Waals surface area contributed by atoms with Gasteiger partial charge in [-0.2, -0.15) is 0 Å². The van der Waals surface area contributed by atoms with Crippen molar-refractivity contribution in [2.24, 2.45) is 0 Å². The maximum atomic E-state index is 6.10. The van der Waals surface area contributed by atoms with Gasteiger partial charge in [-0.15, -0.1) is 0 Å². The van der Waals surface area contributed by atoms with Crippen LogP contribution in [0.2, 0.25) is 5.02 Å². The molecule has 2 aromatic rings. The second-order valence-electron chi connectivity index (χ2n) is 4.27. The molecular weight excluding hydrogens is 312 g/mol. The molecular formula is C14H14BrClN2. The highest BCUT2D eigenvalue weighted by atomic mass is 79.9. The quantitative estimate of drug-likeness (QED) is 0.825. The third kappa shape index (κ3) is 3.24. The molecule has 0 radical (unpaired) electrons. The van der Waals surface area contributed by atoms with Crippen LogP contribution in [0.3, 0.4) is 0 Å². The van der Waals surface area contributed by atoms with Crippen molar-refractivity contribution in [3.8, 4) is 0 Å². The highest BCUT2D eigenvalue weighted by Crippen LogP contribution is 2.19. The molecule has 94 valence electrons. The van der Waals surface area contributed by atoms with Crippen molar-refractivity contribution < 1.29 is 0 Å². The molecule has 18 heavy (non-hydrogen) atoms. The monoisotopic (exact) mass is 324 g/mol. The van der Waals surface area contributed by atoms with E-state index >= 15 is 0 Å². The number of halogens is 2. The number of hydrogen-bond acceptors (Lipinski definition) is 2. The van der Waals surface area contributed by atoms with Gasteiger partial charge < -0.3 is 5.32 Å². The van der Waals surface area contributed by atoms with Crippen molar-refractivity contribution in [2.45, 2.75) is 20.4 Å². The summed E-state index contributed by atoms with van der Waals surface area (Å²) < 4.78 is 0.881. The van der Waals surface area contributed by atoms with E-state index in [1.165, 1.54) is 0 Å². The summed E-state index contributed by atoms with van der Waals surface area (Å²) in [7, 11) is 0. The van der Waals surface area contributed by atoms with Crippen molar-refractivity contribution in [2.75, 3.05) is 5.32 Å². The molecule has 0 unspecified atom stereocenters. The van der Waals surface area contributed by atoms with Crippen LogP contribution < -0.4 is 5.32 Å². The second-order valence-corrected chi connectivity index (χ2v) is 5.43. The summed E-state index contributed by atoms with van der Waals surface area (Å²) in [5.74, 6) is 0. The fraction of sp³-hybridized carbons (Fsp3) is 0.214. The predicted octanol–water partition coefficient (Wildman–Crippen LogP) is 4.73. The standard InChI is InChI=1S/C14H14BrClN2/c1-9-3-4-11(6-13(9)16)7-17-12-5-10(2)14(15)18-8-12/h3-6,8,17H,7H2,1-2H3. The predicted molar refractivity (Wildman–Crippen MR) is 80.2 cm³/mol. The Hall–Kier alpha value is -1.06. The summed E-state index contributed by atoms with van der Waals surface area (Å²) in [4.78, 5) is 4.25. The zero-order valence-corrected chi connectivity index (χ0v) is 12.6. The Kier molecular flexibility index (Phi) is 4.25. The minimum atomic E-state index is 0.739. The normalized spacial score (nSPS) is 10.4. The molecule has 0 atom stereocenters.